The van der Waals surface area contributed by atoms with Gasteiger partial charge in [0.1, 0.15) is 5.82 Å². The Morgan fingerprint density at radius 1 is 1.24 bits per heavy atom. The number of likely N-dealkylation sites (N-methyl/N-ethyl adjacent to an activating group) is 1. The summed E-state index contributed by atoms with van der Waals surface area (Å²) in [6.45, 7) is 6.99. The van der Waals surface area contributed by atoms with Crippen LogP contribution in [0.2, 0.25) is 0 Å². The van der Waals surface area contributed by atoms with E-state index in [2.05, 4.69) is 16.7 Å². The van der Waals surface area contributed by atoms with Crippen molar-refractivity contribution in [2.24, 2.45) is 0 Å². The van der Waals surface area contributed by atoms with Crippen LogP contribution in [0.5, 0.6) is 0 Å². The molecule has 0 bridgehead atoms. The van der Waals surface area contributed by atoms with E-state index in [-0.39, 0.29) is 18.2 Å². The maximum Gasteiger partial charge on any atom is 0.148 e. The zero-order chi connectivity index (χ0) is 11.5. The molecule has 0 unspecified atom stereocenters. The van der Waals surface area contributed by atoms with Crippen molar-refractivity contribution in [2.45, 2.75) is 6.92 Å². The smallest absolute Gasteiger partial charge is 0.148 e. The fourth-order valence-electron chi connectivity index (χ4n) is 2.08. The molecule has 0 atom stereocenters. The van der Waals surface area contributed by atoms with Crippen LogP contribution in [0.3, 0.4) is 0 Å². The highest BCUT2D eigenvalue weighted by atomic mass is 35.5. The van der Waals surface area contributed by atoms with Gasteiger partial charge in [0.2, 0.25) is 0 Å². The number of rotatable bonds is 2. The van der Waals surface area contributed by atoms with Crippen molar-refractivity contribution in [2.75, 3.05) is 43.4 Å². The Hall–Kier alpha value is -1.000. The molecule has 0 aliphatic carbocycles. The van der Waals surface area contributed by atoms with E-state index in [0.717, 1.165) is 32.7 Å². The zero-order valence-electron chi connectivity index (χ0n) is 10.0. The lowest BCUT2D eigenvalue weighted by Crippen LogP contribution is -2.46. The van der Waals surface area contributed by atoms with Crippen molar-refractivity contribution in [3.8, 4) is 0 Å². The number of nitrogens with zero attached hydrogens (tertiary/aromatic N) is 2. The van der Waals surface area contributed by atoms with Crippen LogP contribution in [0.1, 0.15) is 6.92 Å². The summed E-state index contributed by atoms with van der Waals surface area (Å²) in [6, 6.07) is 4.92. The molecule has 1 aliphatic heterocycles. The average Bonchev–Trinajstić information content (AvgIpc) is 2.29. The Labute approximate surface area is 108 Å². The SMILES string of the molecule is CCN1CCN(c2ccc(N)cc2F)CC1.Cl. The van der Waals surface area contributed by atoms with Gasteiger partial charge in [-0.3, -0.25) is 0 Å². The van der Waals surface area contributed by atoms with Crippen molar-refractivity contribution >= 4 is 23.8 Å². The summed E-state index contributed by atoms with van der Waals surface area (Å²) in [6.07, 6.45) is 0. The number of anilines is 2. The second-order valence-electron chi connectivity index (χ2n) is 4.13. The molecular formula is C12H19ClFN3. The van der Waals surface area contributed by atoms with Gasteiger partial charge in [-0.25, -0.2) is 4.39 Å². The summed E-state index contributed by atoms with van der Waals surface area (Å²) >= 11 is 0. The number of piperazine rings is 1. The second kappa shape index (κ2) is 6.07. The Bertz CT molecular complexity index is 365. The Morgan fingerprint density at radius 3 is 2.41 bits per heavy atom. The van der Waals surface area contributed by atoms with E-state index in [1.165, 1.54) is 6.07 Å². The topological polar surface area (TPSA) is 32.5 Å². The van der Waals surface area contributed by atoms with Crippen LogP contribution in [0.4, 0.5) is 15.8 Å². The summed E-state index contributed by atoms with van der Waals surface area (Å²) in [5, 5.41) is 0. The van der Waals surface area contributed by atoms with Crippen LogP contribution >= 0.6 is 12.4 Å². The van der Waals surface area contributed by atoms with Gasteiger partial charge < -0.3 is 15.5 Å². The first-order chi connectivity index (χ1) is 7.70. The number of nitrogen functional groups attached to an aromatic ring is 1. The third-order valence-corrected chi connectivity index (χ3v) is 3.13. The Kier molecular flexibility index (Phi) is 5.02. The van der Waals surface area contributed by atoms with Crippen LogP contribution in [-0.4, -0.2) is 37.6 Å². The van der Waals surface area contributed by atoms with Gasteiger partial charge in [0.15, 0.2) is 0 Å². The highest BCUT2D eigenvalue weighted by Gasteiger charge is 2.18. The van der Waals surface area contributed by atoms with E-state index < -0.39 is 0 Å². The van der Waals surface area contributed by atoms with E-state index in [1.54, 1.807) is 12.1 Å². The molecule has 1 fully saturated rings. The molecule has 96 valence electrons. The number of hydrogen-bond donors (Lipinski definition) is 1. The molecule has 1 aliphatic rings. The monoisotopic (exact) mass is 259 g/mol. The fourth-order valence-corrected chi connectivity index (χ4v) is 2.08. The van der Waals surface area contributed by atoms with Crippen molar-refractivity contribution in [3.63, 3.8) is 0 Å². The summed E-state index contributed by atoms with van der Waals surface area (Å²) < 4.78 is 13.7. The van der Waals surface area contributed by atoms with E-state index in [4.69, 9.17) is 5.73 Å². The predicted octanol–water partition coefficient (Wildman–Crippen LogP) is 1.97. The molecule has 3 nitrogen and oxygen atoms in total. The van der Waals surface area contributed by atoms with Gasteiger partial charge in [-0.05, 0) is 24.7 Å². The summed E-state index contributed by atoms with van der Waals surface area (Å²) in [4.78, 5) is 4.45. The minimum atomic E-state index is -0.218. The lowest BCUT2D eigenvalue weighted by Gasteiger charge is -2.35. The Balaban J connectivity index is 0.00000144. The first-order valence-electron chi connectivity index (χ1n) is 5.73. The first kappa shape index (κ1) is 14.1. The summed E-state index contributed by atoms with van der Waals surface area (Å²) in [5.41, 5.74) is 6.69. The number of hydrogen-bond acceptors (Lipinski definition) is 3. The van der Waals surface area contributed by atoms with Crippen LogP contribution in [0, 0.1) is 5.82 Å². The van der Waals surface area contributed by atoms with E-state index in [0.29, 0.717) is 11.4 Å². The second-order valence-corrected chi connectivity index (χ2v) is 4.13. The molecule has 2 rings (SSSR count). The first-order valence-corrected chi connectivity index (χ1v) is 5.73. The molecule has 0 radical (unpaired) electrons. The van der Waals surface area contributed by atoms with Gasteiger partial charge >= 0.3 is 0 Å². The van der Waals surface area contributed by atoms with Crippen molar-refractivity contribution < 1.29 is 4.39 Å². The molecule has 1 heterocycles. The fraction of sp³-hybridized carbons (Fsp3) is 0.500. The number of halogens is 2. The van der Waals surface area contributed by atoms with Crippen LogP contribution in [-0.2, 0) is 0 Å². The predicted molar refractivity (Wildman–Crippen MR) is 72.4 cm³/mol. The molecular weight excluding hydrogens is 241 g/mol. The van der Waals surface area contributed by atoms with Gasteiger partial charge in [0.25, 0.3) is 0 Å². The molecule has 0 aromatic heterocycles. The number of benzene rings is 1. The maximum absolute atomic E-state index is 13.7. The van der Waals surface area contributed by atoms with Crippen LogP contribution < -0.4 is 10.6 Å². The largest absolute Gasteiger partial charge is 0.399 e. The third kappa shape index (κ3) is 3.23. The lowest BCUT2D eigenvalue weighted by atomic mass is 10.2. The molecule has 17 heavy (non-hydrogen) atoms. The average molecular weight is 260 g/mol. The Morgan fingerprint density at radius 2 is 1.88 bits per heavy atom. The molecule has 1 aromatic rings. The number of nitrogens with two attached hydrogens (primary N) is 1. The normalized spacial score (nSPS) is 16.7. The third-order valence-electron chi connectivity index (χ3n) is 3.13. The zero-order valence-corrected chi connectivity index (χ0v) is 10.8. The highest BCUT2D eigenvalue weighted by molar-refractivity contribution is 5.85. The van der Waals surface area contributed by atoms with Crippen molar-refractivity contribution in [3.05, 3.63) is 24.0 Å². The molecule has 0 spiro atoms. The van der Waals surface area contributed by atoms with Gasteiger partial charge in [0.05, 0.1) is 5.69 Å². The van der Waals surface area contributed by atoms with Crippen LogP contribution in [0.15, 0.2) is 18.2 Å². The molecule has 2 N–H and O–H groups in total. The molecule has 5 heteroatoms. The summed E-state index contributed by atoms with van der Waals surface area (Å²) in [5.74, 6) is -0.218. The minimum absolute atomic E-state index is 0. The van der Waals surface area contributed by atoms with Gasteiger partial charge in [-0.2, -0.15) is 0 Å². The van der Waals surface area contributed by atoms with Gasteiger partial charge in [-0.15, -0.1) is 12.4 Å². The molecule has 1 saturated heterocycles. The lowest BCUT2D eigenvalue weighted by molar-refractivity contribution is 0.270. The van der Waals surface area contributed by atoms with E-state index in [9.17, 15) is 4.39 Å². The van der Waals surface area contributed by atoms with Crippen LogP contribution in [0.25, 0.3) is 0 Å². The van der Waals surface area contributed by atoms with E-state index >= 15 is 0 Å². The summed E-state index contributed by atoms with van der Waals surface area (Å²) in [7, 11) is 0. The molecule has 0 saturated carbocycles. The highest BCUT2D eigenvalue weighted by Crippen LogP contribution is 2.22. The van der Waals surface area contributed by atoms with Crippen molar-refractivity contribution in [1.82, 2.24) is 4.90 Å². The quantitative estimate of drug-likeness (QED) is 0.825. The van der Waals surface area contributed by atoms with Crippen molar-refractivity contribution in [1.29, 1.82) is 0 Å². The minimum Gasteiger partial charge on any atom is -0.399 e. The molecule has 0 amide bonds. The van der Waals surface area contributed by atoms with Gasteiger partial charge in [-0.1, -0.05) is 6.92 Å². The maximum atomic E-state index is 13.7. The standard InChI is InChI=1S/C12H18FN3.ClH/c1-2-15-5-7-16(8-6-15)12-4-3-10(14)9-11(12)13;/h3-4,9H,2,5-8,14H2,1H3;1H. The van der Waals surface area contributed by atoms with E-state index in [1.807, 2.05) is 0 Å². The van der Waals surface area contributed by atoms with Gasteiger partial charge in [0, 0.05) is 31.9 Å². The molecule has 1 aromatic carbocycles.